The highest BCUT2D eigenvalue weighted by Crippen LogP contribution is 2.32. The number of imidazole rings is 1. The maximum absolute atomic E-state index is 12.6. The Bertz CT molecular complexity index is 803. The second-order valence-corrected chi connectivity index (χ2v) is 5.17. The number of pyridine rings is 1. The average Bonchev–Trinajstić information content (AvgIpc) is 2.96. The lowest BCUT2D eigenvalue weighted by Gasteiger charge is -1.98. The number of aryl methyl sites for hydroxylation is 1. The summed E-state index contributed by atoms with van der Waals surface area (Å²) in [7, 11) is 1.61. The Balaban J connectivity index is 2.14. The third kappa shape index (κ3) is 1.95. The zero-order valence-corrected chi connectivity index (χ0v) is 10.7. The number of nitrogens with zero attached hydrogens (tertiary/aromatic N) is 2. The van der Waals surface area contributed by atoms with Crippen LogP contribution in [-0.4, -0.2) is 14.5 Å². The van der Waals surface area contributed by atoms with Gasteiger partial charge >= 0.3 is 5.69 Å². The Morgan fingerprint density at radius 2 is 2.11 bits per heavy atom. The number of hydrogen-bond acceptors (Lipinski definition) is 3. The molecule has 3 aromatic rings. The number of alkyl halides is 2. The fraction of sp³-hybridized carbons (Fsp3) is 0.167. The topological polar surface area (TPSA) is 50.7 Å². The smallest absolute Gasteiger partial charge is 0.304 e. The van der Waals surface area contributed by atoms with E-state index in [0.717, 1.165) is 11.3 Å². The molecule has 0 saturated heterocycles. The van der Waals surface area contributed by atoms with Gasteiger partial charge in [-0.05, 0) is 24.3 Å². The molecule has 3 heterocycles. The van der Waals surface area contributed by atoms with Gasteiger partial charge in [-0.2, -0.15) is 0 Å². The van der Waals surface area contributed by atoms with Crippen molar-refractivity contribution in [1.29, 1.82) is 0 Å². The molecule has 0 unspecified atom stereocenters. The molecule has 0 aliphatic carbocycles. The van der Waals surface area contributed by atoms with Gasteiger partial charge in [-0.15, -0.1) is 11.3 Å². The fourth-order valence-corrected chi connectivity index (χ4v) is 2.68. The van der Waals surface area contributed by atoms with E-state index in [1.54, 1.807) is 25.2 Å². The van der Waals surface area contributed by atoms with E-state index >= 15 is 0 Å². The van der Waals surface area contributed by atoms with E-state index in [9.17, 15) is 13.6 Å². The highest BCUT2D eigenvalue weighted by molar-refractivity contribution is 7.15. The maximum atomic E-state index is 12.6. The molecule has 98 valence electrons. The van der Waals surface area contributed by atoms with Crippen molar-refractivity contribution in [3.05, 3.63) is 39.6 Å². The first-order valence-corrected chi connectivity index (χ1v) is 6.32. The van der Waals surface area contributed by atoms with Gasteiger partial charge in [0.05, 0.1) is 21.0 Å². The van der Waals surface area contributed by atoms with Crippen LogP contribution in [0, 0.1) is 0 Å². The van der Waals surface area contributed by atoms with Crippen LogP contribution in [0.1, 0.15) is 11.3 Å². The molecule has 7 heteroatoms. The van der Waals surface area contributed by atoms with Gasteiger partial charge in [0.25, 0.3) is 6.43 Å². The monoisotopic (exact) mass is 281 g/mol. The van der Waals surface area contributed by atoms with E-state index < -0.39 is 6.43 Å². The Morgan fingerprint density at radius 3 is 2.79 bits per heavy atom. The van der Waals surface area contributed by atoms with Crippen molar-refractivity contribution in [2.24, 2.45) is 7.05 Å². The first kappa shape index (κ1) is 12.0. The van der Waals surface area contributed by atoms with Crippen LogP contribution in [0.5, 0.6) is 0 Å². The number of fused-ring (bicyclic) bond motifs is 1. The SMILES string of the molecule is Cn1c(=O)[nH]c2ccc(-c3ccc(C(F)F)s3)nc21. The highest BCUT2D eigenvalue weighted by atomic mass is 32.1. The molecular formula is C12H9F2N3OS. The molecule has 0 aromatic carbocycles. The van der Waals surface area contributed by atoms with Gasteiger partial charge in [0.15, 0.2) is 5.65 Å². The Labute approximate surface area is 110 Å². The number of aromatic amines is 1. The number of hydrogen-bond donors (Lipinski definition) is 1. The molecule has 0 aliphatic heterocycles. The third-order valence-electron chi connectivity index (χ3n) is 2.83. The van der Waals surface area contributed by atoms with Crippen molar-refractivity contribution >= 4 is 22.5 Å². The van der Waals surface area contributed by atoms with Crippen LogP contribution in [-0.2, 0) is 7.05 Å². The summed E-state index contributed by atoms with van der Waals surface area (Å²) in [6, 6.07) is 6.44. The van der Waals surface area contributed by atoms with Crippen LogP contribution in [0.25, 0.3) is 21.7 Å². The van der Waals surface area contributed by atoms with Gasteiger partial charge in [0.2, 0.25) is 0 Å². The molecule has 3 aromatic heterocycles. The summed E-state index contributed by atoms with van der Waals surface area (Å²) in [5.41, 5.74) is 1.47. The van der Waals surface area contributed by atoms with Crippen LogP contribution in [0.2, 0.25) is 0 Å². The van der Waals surface area contributed by atoms with Crippen LogP contribution < -0.4 is 5.69 Å². The summed E-state index contributed by atoms with van der Waals surface area (Å²) < 4.78 is 26.5. The molecule has 0 bridgehead atoms. The van der Waals surface area contributed by atoms with E-state index in [1.807, 2.05) is 0 Å². The molecule has 0 radical (unpaired) electrons. The van der Waals surface area contributed by atoms with Crippen molar-refractivity contribution < 1.29 is 8.78 Å². The Morgan fingerprint density at radius 1 is 1.32 bits per heavy atom. The average molecular weight is 281 g/mol. The molecule has 0 atom stereocenters. The fourth-order valence-electron chi connectivity index (χ4n) is 1.84. The van der Waals surface area contributed by atoms with Crippen molar-refractivity contribution in [2.75, 3.05) is 0 Å². The summed E-state index contributed by atoms with van der Waals surface area (Å²) >= 11 is 1.01. The van der Waals surface area contributed by atoms with Crippen molar-refractivity contribution in [3.8, 4) is 10.6 Å². The zero-order chi connectivity index (χ0) is 13.6. The Kier molecular flexibility index (Phi) is 2.70. The minimum absolute atomic E-state index is 0.0138. The number of thiophene rings is 1. The van der Waals surface area contributed by atoms with E-state index in [-0.39, 0.29) is 10.6 Å². The molecule has 0 aliphatic rings. The predicted octanol–water partition coefficient (Wildman–Crippen LogP) is 2.93. The summed E-state index contributed by atoms with van der Waals surface area (Å²) in [6.07, 6.45) is -2.47. The second-order valence-electron chi connectivity index (χ2n) is 4.06. The number of H-pyrrole nitrogens is 1. The number of rotatable bonds is 2. The van der Waals surface area contributed by atoms with Crippen LogP contribution >= 0.6 is 11.3 Å². The minimum atomic E-state index is -2.47. The third-order valence-corrected chi connectivity index (χ3v) is 3.95. The lowest BCUT2D eigenvalue weighted by atomic mass is 10.3. The van der Waals surface area contributed by atoms with Crippen LogP contribution in [0.15, 0.2) is 29.1 Å². The first-order chi connectivity index (χ1) is 9.06. The highest BCUT2D eigenvalue weighted by Gasteiger charge is 2.13. The standard InChI is InChI=1S/C12H9F2N3OS/c1-17-11-7(16-12(17)18)3-2-6(15-11)8-4-5-9(19-8)10(13)14/h2-5,10H,1H3,(H,16,18). The summed E-state index contributed by atoms with van der Waals surface area (Å²) in [4.78, 5) is 19.1. The lowest BCUT2D eigenvalue weighted by Crippen LogP contribution is -2.12. The largest absolute Gasteiger partial charge is 0.327 e. The normalized spacial score (nSPS) is 11.6. The van der Waals surface area contributed by atoms with Crippen molar-refractivity contribution in [3.63, 3.8) is 0 Å². The predicted molar refractivity (Wildman–Crippen MR) is 69.6 cm³/mol. The van der Waals surface area contributed by atoms with Gasteiger partial charge < -0.3 is 4.98 Å². The molecule has 4 nitrogen and oxygen atoms in total. The summed E-state index contributed by atoms with van der Waals surface area (Å²) in [5, 5.41) is 0. The molecular weight excluding hydrogens is 272 g/mol. The van der Waals surface area contributed by atoms with E-state index in [2.05, 4.69) is 9.97 Å². The van der Waals surface area contributed by atoms with Crippen LogP contribution in [0.3, 0.4) is 0 Å². The number of nitrogens with one attached hydrogen (secondary N) is 1. The summed E-state index contributed by atoms with van der Waals surface area (Å²) in [6.45, 7) is 0. The van der Waals surface area contributed by atoms with Crippen LogP contribution in [0.4, 0.5) is 8.78 Å². The van der Waals surface area contributed by atoms with Crippen molar-refractivity contribution in [1.82, 2.24) is 14.5 Å². The molecule has 0 amide bonds. The van der Waals surface area contributed by atoms with E-state index in [4.69, 9.17) is 0 Å². The Hall–Kier alpha value is -2.02. The first-order valence-electron chi connectivity index (χ1n) is 5.50. The molecule has 3 rings (SSSR count). The van der Waals surface area contributed by atoms with Gasteiger partial charge in [0.1, 0.15) is 0 Å². The van der Waals surface area contributed by atoms with Gasteiger partial charge in [0, 0.05) is 7.05 Å². The van der Waals surface area contributed by atoms with E-state index in [1.165, 1.54) is 10.6 Å². The number of aromatic nitrogens is 3. The molecule has 1 N–H and O–H groups in total. The molecule has 0 spiro atoms. The van der Waals surface area contributed by atoms with Gasteiger partial charge in [-0.25, -0.2) is 18.6 Å². The summed E-state index contributed by atoms with van der Waals surface area (Å²) in [5.74, 6) is 0. The maximum Gasteiger partial charge on any atom is 0.327 e. The molecule has 19 heavy (non-hydrogen) atoms. The number of halogens is 2. The van der Waals surface area contributed by atoms with Gasteiger partial charge in [-0.3, -0.25) is 4.57 Å². The van der Waals surface area contributed by atoms with Gasteiger partial charge in [-0.1, -0.05) is 0 Å². The van der Waals surface area contributed by atoms with Crippen molar-refractivity contribution in [2.45, 2.75) is 6.43 Å². The molecule has 0 fully saturated rings. The van der Waals surface area contributed by atoms with E-state index in [0.29, 0.717) is 21.7 Å². The second kappa shape index (κ2) is 4.27. The minimum Gasteiger partial charge on any atom is -0.304 e. The lowest BCUT2D eigenvalue weighted by molar-refractivity contribution is 0.155. The quantitative estimate of drug-likeness (QED) is 0.785. The molecule has 0 saturated carbocycles. The zero-order valence-electron chi connectivity index (χ0n) is 9.85.